The summed E-state index contributed by atoms with van der Waals surface area (Å²) < 4.78 is 2.14. The number of pyridine rings is 1. The number of amides is 1. The molecule has 0 bridgehead atoms. The maximum absolute atomic E-state index is 13.1. The molecule has 206 valence electrons. The number of hydrogen-bond acceptors (Lipinski definition) is 3. The summed E-state index contributed by atoms with van der Waals surface area (Å²) in [5.74, 6) is -0.0602. The van der Waals surface area contributed by atoms with Gasteiger partial charge in [0.25, 0.3) is 0 Å². The minimum Gasteiger partial charge on any atom is -0.352 e. The summed E-state index contributed by atoms with van der Waals surface area (Å²) in [4.78, 5) is 19.8. The number of benzene rings is 2. The average molecular weight is 593 g/mol. The molecule has 2 atom stereocenters. The Bertz CT molecular complexity index is 1590. The first-order chi connectivity index (χ1) is 19.1. The second kappa shape index (κ2) is 11.6. The molecule has 2 N–H and O–H groups in total. The van der Waals surface area contributed by atoms with Crippen molar-refractivity contribution in [1.82, 2.24) is 19.8 Å². The lowest BCUT2D eigenvalue weighted by atomic mass is 9.96. The summed E-state index contributed by atoms with van der Waals surface area (Å²) in [5, 5.41) is 8.31. The van der Waals surface area contributed by atoms with Crippen molar-refractivity contribution < 1.29 is 4.79 Å². The van der Waals surface area contributed by atoms with Crippen molar-refractivity contribution >= 4 is 52.1 Å². The number of anilines is 1. The van der Waals surface area contributed by atoms with Crippen LogP contribution in [0.25, 0.3) is 5.69 Å². The number of thiocarbonyl (C=S) groups is 1. The lowest BCUT2D eigenvalue weighted by Crippen LogP contribution is -2.33. The topological polar surface area (TPSA) is 62.2 Å². The van der Waals surface area contributed by atoms with Crippen LogP contribution in [0.15, 0.2) is 66.9 Å². The van der Waals surface area contributed by atoms with E-state index in [4.69, 9.17) is 35.4 Å². The van der Waals surface area contributed by atoms with Gasteiger partial charge in [-0.2, -0.15) is 0 Å². The number of aryl methyl sites for hydroxylation is 3. The van der Waals surface area contributed by atoms with Gasteiger partial charge in [-0.15, -0.1) is 0 Å². The summed E-state index contributed by atoms with van der Waals surface area (Å²) in [5.41, 5.74) is 7.84. The Morgan fingerprint density at radius 2 is 1.85 bits per heavy atom. The lowest BCUT2D eigenvalue weighted by molar-refractivity contribution is -0.116. The number of nitrogens with zero attached hydrogens (tertiary/aromatic N) is 3. The minimum absolute atomic E-state index is 0.0602. The maximum atomic E-state index is 13.1. The van der Waals surface area contributed by atoms with E-state index in [0.29, 0.717) is 21.7 Å². The van der Waals surface area contributed by atoms with Crippen LogP contribution in [-0.2, 0) is 4.79 Å². The summed E-state index contributed by atoms with van der Waals surface area (Å²) in [6.45, 7) is 8.58. The third-order valence-electron chi connectivity index (χ3n) is 7.38. The highest BCUT2D eigenvalue weighted by Gasteiger charge is 2.41. The number of hydrogen-bond donors (Lipinski definition) is 2. The Morgan fingerprint density at radius 3 is 2.58 bits per heavy atom. The zero-order valence-corrected chi connectivity index (χ0v) is 25.2. The molecule has 1 fully saturated rings. The van der Waals surface area contributed by atoms with Crippen LogP contribution in [0.5, 0.6) is 0 Å². The zero-order chi connectivity index (χ0) is 28.6. The van der Waals surface area contributed by atoms with Crippen LogP contribution >= 0.6 is 35.4 Å². The van der Waals surface area contributed by atoms with Crippen LogP contribution in [0.1, 0.15) is 52.3 Å². The molecule has 3 heterocycles. The Balaban J connectivity index is 1.48. The van der Waals surface area contributed by atoms with Crippen molar-refractivity contribution in [3.05, 3.63) is 111 Å². The van der Waals surface area contributed by atoms with Crippen LogP contribution in [0.3, 0.4) is 0 Å². The van der Waals surface area contributed by atoms with Gasteiger partial charge in [-0.3, -0.25) is 9.78 Å². The zero-order valence-electron chi connectivity index (χ0n) is 22.8. The Labute approximate surface area is 250 Å². The van der Waals surface area contributed by atoms with Gasteiger partial charge in [0, 0.05) is 41.3 Å². The standard InChI is InChI=1S/C31H31Cl2N5OS/c1-18-8-9-19(2)26(15-18)35-28(39)12-14-37-30(29(36-31(37)40)25-7-5-6-13-34-25)23-16-20(3)38(21(23)4)27-11-10-22(32)17-24(27)33/h5-11,13,15-17,29-30H,12,14H2,1-4H3,(H,35,39)(H,36,40)/t29-,30+/m1/s1. The average Bonchev–Trinajstić information content (AvgIpc) is 3.40. The van der Waals surface area contributed by atoms with Gasteiger partial charge in [0.05, 0.1) is 28.5 Å². The van der Waals surface area contributed by atoms with Gasteiger partial charge in [-0.25, -0.2) is 0 Å². The molecular weight excluding hydrogens is 561 g/mol. The Hall–Kier alpha value is -3.39. The fourth-order valence-corrected chi connectivity index (χ4v) is 6.24. The van der Waals surface area contributed by atoms with Gasteiger partial charge in [-0.05, 0) is 99.1 Å². The molecule has 0 aliphatic carbocycles. The van der Waals surface area contributed by atoms with Gasteiger partial charge in [0.2, 0.25) is 5.91 Å². The fraction of sp³-hybridized carbons (Fsp3) is 0.258. The van der Waals surface area contributed by atoms with Gasteiger partial charge in [0.1, 0.15) is 0 Å². The molecule has 1 aliphatic rings. The monoisotopic (exact) mass is 591 g/mol. The van der Waals surface area contributed by atoms with Gasteiger partial charge in [-0.1, -0.05) is 41.4 Å². The highest BCUT2D eigenvalue weighted by atomic mass is 35.5. The number of carbonyl (C=O) groups excluding carboxylic acids is 1. The summed E-state index contributed by atoms with van der Waals surface area (Å²) in [6, 6.07) is 19.2. The predicted molar refractivity (Wildman–Crippen MR) is 167 cm³/mol. The smallest absolute Gasteiger partial charge is 0.226 e. The largest absolute Gasteiger partial charge is 0.352 e. The molecule has 0 saturated carbocycles. The first kappa shape index (κ1) is 28.1. The van der Waals surface area contributed by atoms with Crippen molar-refractivity contribution in [2.75, 3.05) is 11.9 Å². The fourth-order valence-electron chi connectivity index (χ4n) is 5.41. The van der Waals surface area contributed by atoms with E-state index in [1.54, 1.807) is 12.3 Å². The van der Waals surface area contributed by atoms with Crippen molar-refractivity contribution in [1.29, 1.82) is 0 Å². The van der Waals surface area contributed by atoms with Crippen molar-refractivity contribution in [3.63, 3.8) is 0 Å². The van der Waals surface area contributed by atoms with Crippen LogP contribution in [0.2, 0.25) is 10.0 Å². The van der Waals surface area contributed by atoms with Crippen LogP contribution in [0, 0.1) is 27.7 Å². The molecular formula is C31H31Cl2N5OS. The quantitative estimate of drug-likeness (QED) is 0.219. The van der Waals surface area contributed by atoms with Gasteiger partial charge < -0.3 is 20.1 Å². The minimum atomic E-state index is -0.189. The first-order valence-corrected chi connectivity index (χ1v) is 14.3. The number of nitrogens with one attached hydrogen (secondary N) is 2. The van der Waals surface area contributed by atoms with E-state index in [2.05, 4.69) is 45.0 Å². The van der Waals surface area contributed by atoms with Crippen LogP contribution in [-0.4, -0.2) is 32.0 Å². The third-order valence-corrected chi connectivity index (χ3v) is 8.27. The van der Waals surface area contributed by atoms with E-state index >= 15 is 0 Å². The Kier molecular flexibility index (Phi) is 8.17. The second-order valence-corrected chi connectivity index (χ2v) is 11.4. The molecule has 4 aromatic rings. The van der Waals surface area contributed by atoms with E-state index in [0.717, 1.165) is 45.1 Å². The number of halogens is 2. The number of carbonyl (C=O) groups is 1. The predicted octanol–water partition coefficient (Wildman–Crippen LogP) is 7.41. The number of aromatic nitrogens is 2. The summed E-state index contributed by atoms with van der Waals surface area (Å²) in [7, 11) is 0. The summed E-state index contributed by atoms with van der Waals surface area (Å²) >= 11 is 18.6. The van der Waals surface area contributed by atoms with Crippen LogP contribution in [0.4, 0.5) is 5.69 Å². The SMILES string of the molecule is Cc1ccc(C)c(NC(=O)CCN2C(=S)N[C@H](c3ccccn3)[C@@H]2c2cc(C)n(-c3ccc(Cl)cc3Cl)c2C)c1. The molecule has 2 aromatic carbocycles. The van der Waals surface area contributed by atoms with E-state index in [1.807, 2.05) is 62.4 Å². The van der Waals surface area contributed by atoms with E-state index in [9.17, 15) is 4.79 Å². The highest BCUT2D eigenvalue weighted by molar-refractivity contribution is 7.80. The van der Waals surface area contributed by atoms with E-state index < -0.39 is 0 Å². The second-order valence-electron chi connectivity index (χ2n) is 10.2. The summed E-state index contributed by atoms with van der Waals surface area (Å²) in [6.07, 6.45) is 2.07. The van der Waals surface area contributed by atoms with Crippen molar-refractivity contribution in [2.24, 2.45) is 0 Å². The normalized spacial score (nSPS) is 16.8. The van der Waals surface area contributed by atoms with E-state index in [1.165, 1.54) is 0 Å². The van der Waals surface area contributed by atoms with E-state index in [-0.39, 0.29) is 24.4 Å². The van der Waals surface area contributed by atoms with Gasteiger partial charge >= 0.3 is 0 Å². The third kappa shape index (κ3) is 5.59. The molecule has 0 radical (unpaired) electrons. The molecule has 1 aliphatic heterocycles. The van der Waals surface area contributed by atoms with Crippen LogP contribution < -0.4 is 10.6 Å². The molecule has 5 rings (SSSR count). The molecule has 6 nitrogen and oxygen atoms in total. The molecule has 40 heavy (non-hydrogen) atoms. The Morgan fingerprint density at radius 1 is 1.05 bits per heavy atom. The molecule has 9 heteroatoms. The van der Waals surface area contributed by atoms with Crippen molar-refractivity contribution in [2.45, 2.75) is 46.2 Å². The number of rotatable bonds is 7. The van der Waals surface area contributed by atoms with Crippen molar-refractivity contribution in [3.8, 4) is 5.69 Å². The molecule has 1 amide bonds. The molecule has 2 aromatic heterocycles. The highest BCUT2D eigenvalue weighted by Crippen LogP contribution is 2.42. The lowest BCUT2D eigenvalue weighted by Gasteiger charge is -2.28. The maximum Gasteiger partial charge on any atom is 0.226 e. The first-order valence-electron chi connectivity index (χ1n) is 13.1. The molecule has 0 spiro atoms. The molecule has 1 saturated heterocycles. The van der Waals surface area contributed by atoms with Gasteiger partial charge in [0.15, 0.2) is 5.11 Å². The molecule has 0 unspecified atom stereocenters.